The zero-order chi connectivity index (χ0) is 13.2. The van der Waals surface area contributed by atoms with Gasteiger partial charge in [0.2, 0.25) is 0 Å². The Morgan fingerprint density at radius 2 is 2.00 bits per heavy atom. The van der Waals surface area contributed by atoms with Gasteiger partial charge in [-0.1, -0.05) is 11.6 Å². The van der Waals surface area contributed by atoms with Crippen LogP contribution in [-0.4, -0.2) is 17.1 Å². The predicted octanol–water partition coefficient (Wildman–Crippen LogP) is 3.80. The van der Waals surface area contributed by atoms with E-state index in [1.54, 1.807) is 0 Å². The van der Waals surface area contributed by atoms with Crippen LogP contribution in [0.5, 0.6) is 0 Å². The summed E-state index contributed by atoms with van der Waals surface area (Å²) in [6, 6.07) is 6.60. The lowest BCUT2D eigenvalue weighted by Gasteiger charge is -2.20. The summed E-state index contributed by atoms with van der Waals surface area (Å²) in [5.41, 5.74) is 4.23. The SMILES string of the molecule is Cc1ccc2[nH]cc(CCCNC(C)(C)C)c2c1. The van der Waals surface area contributed by atoms with Gasteiger partial charge in [0, 0.05) is 22.6 Å². The normalized spacial score (nSPS) is 12.2. The van der Waals surface area contributed by atoms with Gasteiger partial charge in [-0.3, -0.25) is 0 Å². The molecule has 2 N–H and O–H groups in total. The molecule has 0 fully saturated rings. The van der Waals surface area contributed by atoms with Gasteiger partial charge in [0.05, 0.1) is 0 Å². The number of hydrogen-bond donors (Lipinski definition) is 2. The third kappa shape index (κ3) is 3.36. The molecular formula is C16H24N2. The molecule has 0 spiro atoms. The first-order chi connectivity index (χ1) is 8.46. The fourth-order valence-corrected chi connectivity index (χ4v) is 2.24. The molecule has 0 atom stereocenters. The van der Waals surface area contributed by atoms with Gasteiger partial charge in [-0.15, -0.1) is 0 Å². The van der Waals surface area contributed by atoms with Crippen LogP contribution >= 0.6 is 0 Å². The van der Waals surface area contributed by atoms with Crippen molar-refractivity contribution in [2.45, 2.75) is 46.1 Å². The highest BCUT2D eigenvalue weighted by Gasteiger charge is 2.08. The van der Waals surface area contributed by atoms with E-state index in [0.717, 1.165) is 13.0 Å². The molecule has 1 aromatic heterocycles. The van der Waals surface area contributed by atoms with Crippen molar-refractivity contribution in [3.05, 3.63) is 35.5 Å². The monoisotopic (exact) mass is 244 g/mol. The summed E-state index contributed by atoms with van der Waals surface area (Å²) in [6.07, 6.45) is 4.46. The van der Waals surface area contributed by atoms with Crippen molar-refractivity contribution in [2.24, 2.45) is 0 Å². The molecule has 0 unspecified atom stereocenters. The maximum absolute atomic E-state index is 3.53. The van der Waals surface area contributed by atoms with E-state index in [1.807, 2.05) is 0 Å². The highest BCUT2D eigenvalue weighted by atomic mass is 14.9. The van der Waals surface area contributed by atoms with Crippen LogP contribution in [0.15, 0.2) is 24.4 Å². The van der Waals surface area contributed by atoms with E-state index in [9.17, 15) is 0 Å². The standard InChI is InChI=1S/C16H24N2/c1-12-7-8-15-14(10-12)13(11-17-15)6-5-9-18-16(2,3)4/h7-8,10-11,17-18H,5-6,9H2,1-4H3. The highest BCUT2D eigenvalue weighted by molar-refractivity contribution is 5.83. The third-order valence-corrected chi connectivity index (χ3v) is 3.20. The predicted molar refractivity (Wildman–Crippen MR) is 79.1 cm³/mol. The average molecular weight is 244 g/mol. The highest BCUT2D eigenvalue weighted by Crippen LogP contribution is 2.20. The number of H-pyrrole nitrogens is 1. The van der Waals surface area contributed by atoms with E-state index < -0.39 is 0 Å². The Hall–Kier alpha value is -1.28. The fraction of sp³-hybridized carbons (Fsp3) is 0.500. The van der Waals surface area contributed by atoms with Gasteiger partial charge in [0.25, 0.3) is 0 Å². The Morgan fingerprint density at radius 3 is 2.72 bits per heavy atom. The second-order valence-electron chi connectivity index (χ2n) is 6.14. The lowest BCUT2D eigenvalue weighted by Crippen LogP contribution is -2.36. The zero-order valence-electron chi connectivity index (χ0n) is 11.9. The summed E-state index contributed by atoms with van der Waals surface area (Å²) in [7, 11) is 0. The summed E-state index contributed by atoms with van der Waals surface area (Å²) < 4.78 is 0. The summed E-state index contributed by atoms with van der Waals surface area (Å²) in [6.45, 7) is 9.85. The Kier molecular flexibility index (Phi) is 3.76. The van der Waals surface area contributed by atoms with Crippen LogP contribution in [-0.2, 0) is 6.42 Å². The van der Waals surface area contributed by atoms with Crippen LogP contribution in [0.3, 0.4) is 0 Å². The van der Waals surface area contributed by atoms with Gasteiger partial charge in [0.1, 0.15) is 0 Å². The van der Waals surface area contributed by atoms with E-state index >= 15 is 0 Å². The largest absolute Gasteiger partial charge is 0.361 e. The lowest BCUT2D eigenvalue weighted by molar-refractivity contribution is 0.422. The number of rotatable bonds is 4. The minimum Gasteiger partial charge on any atom is -0.361 e. The molecule has 0 aliphatic rings. The summed E-state index contributed by atoms with van der Waals surface area (Å²) in [5.74, 6) is 0. The maximum atomic E-state index is 3.53. The van der Waals surface area contributed by atoms with Crippen molar-refractivity contribution in [3.63, 3.8) is 0 Å². The third-order valence-electron chi connectivity index (χ3n) is 3.20. The van der Waals surface area contributed by atoms with E-state index in [0.29, 0.717) is 0 Å². The Balaban J connectivity index is 1.98. The number of aromatic amines is 1. The number of nitrogens with one attached hydrogen (secondary N) is 2. The van der Waals surface area contributed by atoms with Gasteiger partial charge in [-0.05, 0) is 64.8 Å². The number of aromatic nitrogens is 1. The Bertz CT molecular complexity index is 517. The van der Waals surface area contributed by atoms with Gasteiger partial charge in [-0.25, -0.2) is 0 Å². The molecule has 0 aliphatic heterocycles. The average Bonchev–Trinajstić information content (AvgIpc) is 2.66. The minimum atomic E-state index is 0.219. The molecule has 1 aromatic carbocycles. The van der Waals surface area contributed by atoms with E-state index in [1.165, 1.54) is 28.5 Å². The molecule has 0 amide bonds. The van der Waals surface area contributed by atoms with Gasteiger partial charge in [-0.2, -0.15) is 0 Å². The molecule has 0 saturated carbocycles. The zero-order valence-corrected chi connectivity index (χ0v) is 11.9. The van der Waals surface area contributed by atoms with E-state index in [4.69, 9.17) is 0 Å². The molecule has 0 bridgehead atoms. The number of benzene rings is 1. The molecule has 2 nitrogen and oxygen atoms in total. The van der Waals surface area contributed by atoms with Gasteiger partial charge in [0.15, 0.2) is 0 Å². The first-order valence-electron chi connectivity index (χ1n) is 6.77. The van der Waals surface area contributed by atoms with E-state index in [2.05, 4.69) is 62.4 Å². The Labute approximate surface area is 110 Å². The molecule has 2 rings (SSSR count). The first-order valence-corrected chi connectivity index (χ1v) is 6.77. The second-order valence-corrected chi connectivity index (χ2v) is 6.14. The van der Waals surface area contributed by atoms with Crippen molar-refractivity contribution in [2.75, 3.05) is 6.54 Å². The summed E-state index contributed by atoms with van der Waals surface area (Å²) in [4.78, 5) is 3.35. The first kappa shape index (κ1) is 13.2. The number of aryl methyl sites for hydroxylation is 2. The van der Waals surface area contributed by atoms with Crippen LogP contribution < -0.4 is 5.32 Å². The fourth-order valence-electron chi connectivity index (χ4n) is 2.24. The smallest absolute Gasteiger partial charge is 0.0456 e. The minimum absolute atomic E-state index is 0.219. The maximum Gasteiger partial charge on any atom is 0.0456 e. The molecular weight excluding hydrogens is 220 g/mol. The molecule has 1 heterocycles. The Morgan fingerprint density at radius 1 is 1.22 bits per heavy atom. The summed E-state index contributed by atoms with van der Waals surface area (Å²) >= 11 is 0. The molecule has 98 valence electrons. The molecule has 0 saturated heterocycles. The van der Waals surface area contributed by atoms with Crippen LogP contribution in [0, 0.1) is 6.92 Å². The van der Waals surface area contributed by atoms with Crippen LogP contribution in [0.1, 0.15) is 38.3 Å². The van der Waals surface area contributed by atoms with Crippen molar-refractivity contribution >= 4 is 10.9 Å². The van der Waals surface area contributed by atoms with Gasteiger partial charge < -0.3 is 10.3 Å². The number of hydrogen-bond acceptors (Lipinski definition) is 1. The summed E-state index contributed by atoms with van der Waals surface area (Å²) in [5, 5.41) is 4.91. The number of fused-ring (bicyclic) bond motifs is 1. The van der Waals surface area contributed by atoms with Crippen LogP contribution in [0.2, 0.25) is 0 Å². The molecule has 0 aliphatic carbocycles. The second kappa shape index (κ2) is 5.15. The molecule has 2 heteroatoms. The van der Waals surface area contributed by atoms with Gasteiger partial charge >= 0.3 is 0 Å². The van der Waals surface area contributed by atoms with Crippen molar-refractivity contribution in [3.8, 4) is 0 Å². The van der Waals surface area contributed by atoms with E-state index in [-0.39, 0.29) is 5.54 Å². The quantitative estimate of drug-likeness (QED) is 0.787. The topological polar surface area (TPSA) is 27.8 Å². The van der Waals surface area contributed by atoms with Crippen molar-refractivity contribution in [1.29, 1.82) is 0 Å². The molecule has 2 aromatic rings. The van der Waals surface area contributed by atoms with Crippen LogP contribution in [0.25, 0.3) is 10.9 Å². The lowest BCUT2D eigenvalue weighted by atomic mass is 10.1. The van der Waals surface area contributed by atoms with Crippen molar-refractivity contribution < 1.29 is 0 Å². The van der Waals surface area contributed by atoms with Crippen molar-refractivity contribution in [1.82, 2.24) is 10.3 Å². The van der Waals surface area contributed by atoms with Crippen LogP contribution in [0.4, 0.5) is 0 Å². The molecule has 0 radical (unpaired) electrons. The molecule has 18 heavy (non-hydrogen) atoms.